The number of hydrogen-bond donors (Lipinski definition) is 1. The van der Waals surface area contributed by atoms with Crippen molar-refractivity contribution in [3.05, 3.63) is 35.4 Å². The van der Waals surface area contributed by atoms with Gasteiger partial charge in [0.25, 0.3) is 0 Å². The molecule has 0 aliphatic carbocycles. The summed E-state index contributed by atoms with van der Waals surface area (Å²) in [6.45, 7) is 2.09. The molecule has 0 spiro atoms. The zero-order valence-corrected chi connectivity index (χ0v) is 11.1. The second kappa shape index (κ2) is 5.89. The van der Waals surface area contributed by atoms with Gasteiger partial charge in [-0.3, -0.25) is 0 Å². The predicted octanol–water partition coefficient (Wildman–Crippen LogP) is 1.80. The first-order valence-corrected chi connectivity index (χ1v) is 6.30. The van der Waals surface area contributed by atoms with Gasteiger partial charge in [0.15, 0.2) is 0 Å². The van der Waals surface area contributed by atoms with Crippen LogP contribution in [0.25, 0.3) is 6.08 Å². The highest BCUT2D eigenvalue weighted by Crippen LogP contribution is 2.32. The highest BCUT2D eigenvalue weighted by molar-refractivity contribution is 5.87. The number of benzene rings is 1. The van der Waals surface area contributed by atoms with Crippen LogP contribution in [0.15, 0.2) is 24.3 Å². The zero-order valence-electron chi connectivity index (χ0n) is 11.1. The number of carbonyl (C=O) groups excluding carboxylic acids is 1. The smallest absolute Gasteiger partial charge is 0.330 e. The van der Waals surface area contributed by atoms with Crippen molar-refractivity contribution in [1.82, 2.24) is 0 Å². The van der Waals surface area contributed by atoms with Gasteiger partial charge < -0.3 is 14.6 Å². The van der Waals surface area contributed by atoms with Gasteiger partial charge in [0.05, 0.1) is 7.11 Å². The molecule has 1 aliphatic heterocycles. The van der Waals surface area contributed by atoms with Crippen LogP contribution < -0.4 is 4.74 Å². The lowest BCUT2D eigenvalue weighted by atomic mass is 9.99. The number of ether oxygens (including phenoxy) is 2. The standard InChI is InChI=1S/C15H18O4/c1-10(9-16)14-8-12-7-11(3-5-13(12)19-14)4-6-15(17)18-2/h3-7,10,14,16H,8-9H2,1-2H3/b6-4+/t10-,14-/m0/s1. The summed E-state index contributed by atoms with van der Waals surface area (Å²) >= 11 is 0. The van der Waals surface area contributed by atoms with E-state index in [-0.39, 0.29) is 24.6 Å². The van der Waals surface area contributed by atoms with Crippen molar-refractivity contribution >= 4 is 12.0 Å². The molecule has 1 N–H and O–H groups in total. The minimum atomic E-state index is -0.372. The maximum Gasteiger partial charge on any atom is 0.330 e. The van der Waals surface area contributed by atoms with E-state index in [9.17, 15) is 4.79 Å². The molecule has 102 valence electrons. The van der Waals surface area contributed by atoms with Gasteiger partial charge >= 0.3 is 5.97 Å². The Hall–Kier alpha value is -1.81. The zero-order chi connectivity index (χ0) is 13.8. The number of aliphatic hydroxyl groups excluding tert-OH is 1. The summed E-state index contributed by atoms with van der Waals surface area (Å²) in [4.78, 5) is 11.0. The van der Waals surface area contributed by atoms with Crippen LogP contribution in [-0.4, -0.2) is 30.9 Å². The van der Waals surface area contributed by atoms with Crippen molar-refractivity contribution in [3.8, 4) is 5.75 Å². The third-order valence-electron chi connectivity index (χ3n) is 3.32. The Kier molecular flexibility index (Phi) is 4.22. The van der Waals surface area contributed by atoms with Crippen molar-refractivity contribution in [1.29, 1.82) is 0 Å². The topological polar surface area (TPSA) is 55.8 Å². The first-order valence-electron chi connectivity index (χ1n) is 6.30. The number of fused-ring (bicyclic) bond motifs is 1. The van der Waals surface area contributed by atoms with Crippen molar-refractivity contribution in [2.45, 2.75) is 19.4 Å². The van der Waals surface area contributed by atoms with Gasteiger partial charge in [0, 0.05) is 25.0 Å². The van der Waals surface area contributed by atoms with E-state index in [1.54, 1.807) is 6.08 Å². The summed E-state index contributed by atoms with van der Waals surface area (Å²) in [5, 5.41) is 9.16. The van der Waals surface area contributed by atoms with Crippen LogP contribution in [0.3, 0.4) is 0 Å². The first-order chi connectivity index (χ1) is 9.13. The van der Waals surface area contributed by atoms with Gasteiger partial charge in [-0.2, -0.15) is 0 Å². The SMILES string of the molecule is COC(=O)/C=C/c1ccc2c(c1)C[C@@H]([C@@H](C)CO)O2. The Bertz CT molecular complexity index is 493. The Morgan fingerprint density at radius 1 is 1.63 bits per heavy atom. The summed E-state index contributed by atoms with van der Waals surface area (Å²) in [5.41, 5.74) is 2.04. The molecule has 2 rings (SSSR count). The molecule has 4 heteroatoms. The van der Waals surface area contributed by atoms with E-state index in [0.29, 0.717) is 0 Å². The summed E-state index contributed by atoms with van der Waals surface area (Å²) in [6, 6.07) is 5.79. The fraction of sp³-hybridized carbons (Fsp3) is 0.400. The molecule has 1 aromatic carbocycles. The van der Waals surface area contributed by atoms with Crippen LogP contribution in [0.1, 0.15) is 18.1 Å². The van der Waals surface area contributed by atoms with Crippen molar-refractivity contribution in [2.75, 3.05) is 13.7 Å². The van der Waals surface area contributed by atoms with E-state index < -0.39 is 0 Å². The van der Waals surface area contributed by atoms with Crippen LogP contribution in [0, 0.1) is 5.92 Å². The van der Waals surface area contributed by atoms with Crippen LogP contribution in [0.2, 0.25) is 0 Å². The molecule has 0 fully saturated rings. The summed E-state index contributed by atoms with van der Waals surface area (Å²) in [5.74, 6) is 0.602. The predicted molar refractivity (Wildman–Crippen MR) is 71.9 cm³/mol. The van der Waals surface area contributed by atoms with Gasteiger partial charge in [-0.05, 0) is 29.3 Å². The second-order valence-electron chi connectivity index (χ2n) is 4.74. The number of esters is 1. The van der Waals surface area contributed by atoms with Gasteiger partial charge in [-0.1, -0.05) is 13.0 Å². The quantitative estimate of drug-likeness (QED) is 0.664. The number of rotatable bonds is 4. The van der Waals surface area contributed by atoms with Crippen molar-refractivity contribution in [3.63, 3.8) is 0 Å². The Morgan fingerprint density at radius 2 is 2.42 bits per heavy atom. The normalized spacial score (nSPS) is 19.0. The van der Waals surface area contributed by atoms with Crippen LogP contribution in [0.5, 0.6) is 5.75 Å². The van der Waals surface area contributed by atoms with Crippen LogP contribution in [-0.2, 0) is 16.0 Å². The fourth-order valence-electron chi connectivity index (χ4n) is 2.07. The minimum Gasteiger partial charge on any atom is -0.489 e. The Balaban J connectivity index is 2.11. The molecule has 0 amide bonds. The van der Waals surface area contributed by atoms with E-state index in [1.807, 2.05) is 25.1 Å². The third kappa shape index (κ3) is 3.15. The number of aliphatic hydroxyl groups is 1. The van der Waals surface area contributed by atoms with E-state index >= 15 is 0 Å². The molecule has 0 saturated carbocycles. The van der Waals surface area contributed by atoms with E-state index in [0.717, 1.165) is 23.3 Å². The average Bonchev–Trinajstić information content (AvgIpc) is 2.86. The molecule has 0 bridgehead atoms. The minimum absolute atomic E-state index is 0.0276. The molecule has 1 heterocycles. The summed E-state index contributed by atoms with van der Waals surface area (Å²) in [7, 11) is 1.35. The van der Waals surface area contributed by atoms with Gasteiger partial charge in [-0.15, -0.1) is 0 Å². The molecular formula is C15H18O4. The van der Waals surface area contributed by atoms with Gasteiger partial charge in [-0.25, -0.2) is 4.79 Å². The second-order valence-corrected chi connectivity index (χ2v) is 4.74. The van der Waals surface area contributed by atoms with E-state index in [1.165, 1.54) is 13.2 Å². The largest absolute Gasteiger partial charge is 0.489 e. The van der Waals surface area contributed by atoms with E-state index in [2.05, 4.69) is 4.74 Å². The van der Waals surface area contributed by atoms with Gasteiger partial charge in [0.2, 0.25) is 0 Å². The summed E-state index contributed by atoms with van der Waals surface area (Å²) < 4.78 is 10.3. The molecule has 2 atom stereocenters. The number of carbonyl (C=O) groups is 1. The van der Waals surface area contributed by atoms with E-state index in [4.69, 9.17) is 9.84 Å². The molecule has 0 saturated heterocycles. The van der Waals surface area contributed by atoms with Crippen LogP contribution >= 0.6 is 0 Å². The molecule has 19 heavy (non-hydrogen) atoms. The highest BCUT2D eigenvalue weighted by atomic mass is 16.5. The molecule has 4 nitrogen and oxygen atoms in total. The fourth-order valence-corrected chi connectivity index (χ4v) is 2.07. The maximum atomic E-state index is 11.0. The number of methoxy groups -OCH3 is 1. The maximum absolute atomic E-state index is 11.0. The number of hydrogen-bond acceptors (Lipinski definition) is 4. The van der Waals surface area contributed by atoms with Crippen molar-refractivity contribution < 1.29 is 19.4 Å². The average molecular weight is 262 g/mol. The monoisotopic (exact) mass is 262 g/mol. The third-order valence-corrected chi connectivity index (χ3v) is 3.32. The Labute approximate surface area is 112 Å². The molecule has 1 aromatic rings. The first kappa shape index (κ1) is 13.6. The molecular weight excluding hydrogens is 244 g/mol. The lowest BCUT2D eigenvalue weighted by molar-refractivity contribution is -0.134. The molecule has 0 unspecified atom stereocenters. The highest BCUT2D eigenvalue weighted by Gasteiger charge is 2.27. The van der Waals surface area contributed by atoms with Crippen molar-refractivity contribution in [2.24, 2.45) is 5.92 Å². The van der Waals surface area contributed by atoms with Gasteiger partial charge in [0.1, 0.15) is 11.9 Å². The molecule has 0 aromatic heterocycles. The van der Waals surface area contributed by atoms with Crippen LogP contribution in [0.4, 0.5) is 0 Å². The lowest BCUT2D eigenvalue weighted by Gasteiger charge is -2.16. The Morgan fingerprint density at radius 3 is 3.11 bits per heavy atom. The molecule has 0 radical (unpaired) electrons. The lowest BCUT2D eigenvalue weighted by Crippen LogP contribution is -2.25. The molecule has 1 aliphatic rings. The summed E-state index contributed by atoms with van der Waals surface area (Å²) in [6.07, 6.45) is 3.93.